The monoisotopic (exact) mass is 309 g/mol. The zero-order chi connectivity index (χ0) is 15.6. The molecule has 2 rings (SSSR count). The lowest BCUT2D eigenvalue weighted by Gasteiger charge is -2.37. The van der Waals surface area contributed by atoms with Crippen molar-refractivity contribution < 1.29 is 9.72 Å². The third-order valence-electron chi connectivity index (χ3n) is 3.42. The molecule has 114 valence electrons. The van der Waals surface area contributed by atoms with Crippen molar-refractivity contribution in [3.05, 3.63) is 33.9 Å². The van der Waals surface area contributed by atoms with Crippen LogP contribution < -0.4 is 5.32 Å². The molecule has 1 fully saturated rings. The van der Waals surface area contributed by atoms with Crippen LogP contribution in [0.1, 0.15) is 24.2 Å². The van der Waals surface area contributed by atoms with E-state index in [-0.39, 0.29) is 16.3 Å². The molecule has 0 radical (unpaired) electrons. The number of anilines is 1. The van der Waals surface area contributed by atoms with Gasteiger partial charge in [-0.2, -0.15) is 11.8 Å². The predicted molar refractivity (Wildman–Crippen MR) is 85.1 cm³/mol. The highest BCUT2D eigenvalue weighted by Gasteiger charge is 2.30. The van der Waals surface area contributed by atoms with Gasteiger partial charge in [-0.25, -0.2) is 0 Å². The number of nitrogens with zero attached hydrogens (tertiary/aromatic N) is 2. The Balaban J connectivity index is 2.25. The quantitative estimate of drug-likeness (QED) is 0.686. The Morgan fingerprint density at radius 3 is 2.76 bits per heavy atom. The van der Waals surface area contributed by atoms with Crippen LogP contribution in [0, 0.1) is 10.1 Å². The first-order valence-corrected chi connectivity index (χ1v) is 7.72. The Hall–Kier alpha value is -1.76. The number of hydrogen-bond donors (Lipinski definition) is 1. The number of rotatable bonds is 3. The van der Waals surface area contributed by atoms with E-state index < -0.39 is 4.92 Å². The second-order valence-corrected chi connectivity index (χ2v) is 7.38. The van der Waals surface area contributed by atoms with E-state index in [1.54, 1.807) is 13.1 Å². The Morgan fingerprint density at radius 2 is 2.19 bits per heavy atom. The second kappa shape index (κ2) is 5.93. The molecule has 1 amide bonds. The Kier molecular flexibility index (Phi) is 4.41. The first-order chi connectivity index (χ1) is 9.84. The van der Waals surface area contributed by atoms with Crippen molar-refractivity contribution in [1.82, 2.24) is 4.90 Å². The molecule has 0 aliphatic carbocycles. The Labute approximate surface area is 128 Å². The predicted octanol–water partition coefficient (Wildman–Crippen LogP) is 2.60. The number of nitro groups is 1. The topological polar surface area (TPSA) is 75.5 Å². The third-order valence-corrected chi connectivity index (χ3v) is 4.72. The first kappa shape index (κ1) is 15.6. The van der Waals surface area contributed by atoms with Crippen LogP contribution in [0.2, 0.25) is 0 Å². The molecule has 0 unspecified atom stereocenters. The average molecular weight is 309 g/mol. The molecule has 1 heterocycles. The van der Waals surface area contributed by atoms with Crippen molar-refractivity contribution in [3.63, 3.8) is 0 Å². The minimum atomic E-state index is -0.458. The lowest BCUT2D eigenvalue weighted by atomic mass is 10.1. The molecule has 1 saturated heterocycles. The SMILES string of the molecule is CNc1cc(C(=O)N2CCSC(C)(C)C2)ccc1[N+](=O)[O-]. The van der Waals surface area contributed by atoms with E-state index >= 15 is 0 Å². The van der Waals surface area contributed by atoms with Crippen molar-refractivity contribution in [2.24, 2.45) is 0 Å². The maximum Gasteiger partial charge on any atom is 0.292 e. The summed E-state index contributed by atoms with van der Waals surface area (Å²) in [6.45, 7) is 5.62. The largest absolute Gasteiger partial charge is 0.383 e. The van der Waals surface area contributed by atoms with Crippen LogP contribution in [0.3, 0.4) is 0 Å². The molecule has 0 saturated carbocycles. The number of nitro benzene ring substituents is 1. The van der Waals surface area contributed by atoms with E-state index in [2.05, 4.69) is 19.2 Å². The van der Waals surface area contributed by atoms with Crippen LogP contribution in [-0.2, 0) is 0 Å². The Bertz CT molecular complexity index is 575. The smallest absolute Gasteiger partial charge is 0.292 e. The van der Waals surface area contributed by atoms with Gasteiger partial charge in [0.15, 0.2) is 0 Å². The molecule has 6 nitrogen and oxygen atoms in total. The van der Waals surface area contributed by atoms with E-state index in [9.17, 15) is 14.9 Å². The number of hydrogen-bond acceptors (Lipinski definition) is 5. The molecule has 0 aromatic heterocycles. The first-order valence-electron chi connectivity index (χ1n) is 6.73. The van der Waals surface area contributed by atoms with E-state index in [1.165, 1.54) is 12.1 Å². The molecule has 0 spiro atoms. The summed E-state index contributed by atoms with van der Waals surface area (Å²) in [6, 6.07) is 4.45. The number of carbonyl (C=O) groups is 1. The van der Waals surface area contributed by atoms with Crippen molar-refractivity contribution in [3.8, 4) is 0 Å². The van der Waals surface area contributed by atoms with E-state index in [0.717, 1.165) is 5.75 Å². The van der Waals surface area contributed by atoms with Gasteiger partial charge in [-0.1, -0.05) is 0 Å². The minimum absolute atomic E-state index is 0.0245. The van der Waals surface area contributed by atoms with Crippen LogP contribution in [-0.4, -0.2) is 46.4 Å². The standard InChI is InChI=1S/C14H19N3O3S/c1-14(2)9-16(6-7-21-14)13(18)10-4-5-12(17(19)20)11(8-10)15-3/h4-5,8,15H,6-7,9H2,1-3H3. The number of nitrogens with one attached hydrogen (secondary N) is 1. The van der Waals surface area contributed by atoms with E-state index in [1.807, 2.05) is 16.7 Å². The average Bonchev–Trinajstić information content (AvgIpc) is 2.44. The maximum absolute atomic E-state index is 12.6. The number of thioether (sulfide) groups is 1. The van der Waals surface area contributed by atoms with Gasteiger partial charge in [0.25, 0.3) is 11.6 Å². The summed E-state index contributed by atoms with van der Waals surface area (Å²) in [5.41, 5.74) is 0.813. The van der Waals surface area contributed by atoms with Crippen LogP contribution in [0.4, 0.5) is 11.4 Å². The lowest BCUT2D eigenvalue weighted by molar-refractivity contribution is -0.383. The fourth-order valence-electron chi connectivity index (χ4n) is 2.40. The van der Waals surface area contributed by atoms with Gasteiger partial charge < -0.3 is 10.2 Å². The summed E-state index contributed by atoms with van der Waals surface area (Å²) in [4.78, 5) is 24.8. The van der Waals surface area contributed by atoms with Crippen molar-refractivity contribution in [2.45, 2.75) is 18.6 Å². The summed E-state index contributed by atoms with van der Waals surface area (Å²) in [7, 11) is 1.61. The summed E-state index contributed by atoms with van der Waals surface area (Å²) in [6.07, 6.45) is 0. The van der Waals surface area contributed by atoms with Gasteiger partial charge >= 0.3 is 0 Å². The van der Waals surface area contributed by atoms with Gasteiger partial charge in [0.05, 0.1) is 4.92 Å². The second-order valence-electron chi connectivity index (χ2n) is 5.57. The molecule has 1 aliphatic heterocycles. The fourth-order valence-corrected chi connectivity index (χ4v) is 3.51. The van der Waals surface area contributed by atoms with Gasteiger partial charge in [-0.05, 0) is 26.0 Å². The molecule has 21 heavy (non-hydrogen) atoms. The summed E-state index contributed by atoms with van der Waals surface area (Å²) < 4.78 is 0.0422. The third kappa shape index (κ3) is 3.47. The number of benzene rings is 1. The van der Waals surface area contributed by atoms with Crippen LogP contribution in [0.25, 0.3) is 0 Å². The molecule has 1 aliphatic rings. The van der Waals surface area contributed by atoms with Crippen molar-refractivity contribution in [2.75, 3.05) is 31.2 Å². The zero-order valence-corrected chi connectivity index (χ0v) is 13.2. The number of amides is 1. The minimum Gasteiger partial charge on any atom is -0.383 e. The molecule has 0 bridgehead atoms. The molecular weight excluding hydrogens is 290 g/mol. The highest BCUT2D eigenvalue weighted by Crippen LogP contribution is 2.31. The Morgan fingerprint density at radius 1 is 1.48 bits per heavy atom. The summed E-state index contributed by atoms with van der Waals surface area (Å²) in [5.74, 6) is 0.833. The van der Waals surface area contributed by atoms with Gasteiger partial charge in [0.2, 0.25) is 0 Å². The van der Waals surface area contributed by atoms with E-state index in [0.29, 0.717) is 24.3 Å². The van der Waals surface area contributed by atoms with Crippen LogP contribution in [0.5, 0.6) is 0 Å². The van der Waals surface area contributed by atoms with Crippen LogP contribution in [0.15, 0.2) is 18.2 Å². The molecule has 1 aromatic carbocycles. The van der Waals surface area contributed by atoms with Gasteiger partial charge in [-0.3, -0.25) is 14.9 Å². The highest BCUT2D eigenvalue weighted by atomic mass is 32.2. The molecular formula is C14H19N3O3S. The van der Waals surface area contributed by atoms with Gasteiger partial charge in [0, 0.05) is 42.3 Å². The highest BCUT2D eigenvalue weighted by molar-refractivity contribution is 8.00. The molecule has 0 atom stereocenters. The normalized spacial score (nSPS) is 17.4. The maximum atomic E-state index is 12.6. The van der Waals surface area contributed by atoms with Crippen molar-refractivity contribution >= 4 is 29.0 Å². The van der Waals surface area contributed by atoms with Crippen molar-refractivity contribution in [1.29, 1.82) is 0 Å². The fraction of sp³-hybridized carbons (Fsp3) is 0.500. The molecule has 1 N–H and O–H groups in total. The number of carbonyl (C=O) groups excluding carboxylic acids is 1. The van der Waals surface area contributed by atoms with Gasteiger partial charge in [0.1, 0.15) is 5.69 Å². The summed E-state index contributed by atoms with van der Waals surface area (Å²) in [5, 5.41) is 13.7. The molecule has 1 aromatic rings. The summed E-state index contributed by atoms with van der Waals surface area (Å²) >= 11 is 1.86. The van der Waals surface area contributed by atoms with Crippen LogP contribution >= 0.6 is 11.8 Å². The van der Waals surface area contributed by atoms with E-state index in [4.69, 9.17) is 0 Å². The zero-order valence-electron chi connectivity index (χ0n) is 12.4. The molecule has 7 heteroatoms. The van der Waals surface area contributed by atoms with Gasteiger partial charge in [-0.15, -0.1) is 0 Å². The lowest BCUT2D eigenvalue weighted by Crippen LogP contribution is -2.46.